The molecular weight excluding hydrogens is 345 g/mol. The van der Waals surface area contributed by atoms with Gasteiger partial charge in [-0.3, -0.25) is 9.59 Å². The molecule has 0 spiro atoms. The Hall–Kier alpha value is -1.95. The van der Waals surface area contributed by atoms with Crippen molar-refractivity contribution in [2.75, 3.05) is 39.3 Å². The van der Waals surface area contributed by atoms with Gasteiger partial charge < -0.3 is 15.1 Å². The maximum absolute atomic E-state index is 13.4. The van der Waals surface area contributed by atoms with Gasteiger partial charge in [-0.2, -0.15) is 0 Å². The van der Waals surface area contributed by atoms with E-state index in [9.17, 15) is 14.0 Å². The second-order valence-corrected chi connectivity index (χ2v) is 7.82. The number of halogens is 1. The predicted octanol–water partition coefficient (Wildman–Crippen LogP) is 2.53. The molecular formula is C21H30FN3O2. The van der Waals surface area contributed by atoms with Gasteiger partial charge in [0.1, 0.15) is 5.82 Å². The molecule has 0 bridgehead atoms. The molecule has 0 radical (unpaired) electrons. The monoisotopic (exact) mass is 375 g/mol. The van der Waals surface area contributed by atoms with Crippen LogP contribution in [-0.2, 0) is 4.79 Å². The molecule has 1 aromatic carbocycles. The summed E-state index contributed by atoms with van der Waals surface area (Å²) in [6, 6.07) is 5.80. The zero-order chi connectivity index (χ0) is 19.2. The molecule has 0 saturated carbocycles. The van der Waals surface area contributed by atoms with Crippen molar-refractivity contribution in [2.45, 2.75) is 32.6 Å². The quantitative estimate of drug-likeness (QED) is 0.880. The third-order valence-electron chi connectivity index (χ3n) is 5.84. The second kappa shape index (κ2) is 9.31. The van der Waals surface area contributed by atoms with E-state index in [4.69, 9.17) is 0 Å². The molecule has 0 aliphatic carbocycles. The van der Waals surface area contributed by atoms with E-state index in [0.717, 1.165) is 19.5 Å². The Morgan fingerprint density at radius 1 is 1.19 bits per heavy atom. The number of nitrogens with one attached hydrogen (secondary N) is 1. The third kappa shape index (κ3) is 5.28. The minimum absolute atomic E-state index is 0.162. The minimum atomic E-state index is -0.404. The van der Waals surface area contributed by atoms with Gasteiger partial charge in [0.2, 0.25) is 5.91 Å². The molecule has 5 nitrogen and oxygen atoms in total. The van der Waals surface area contributed by atoms with Crippen LogP contribution in [0.25, 0.3) is 0 Å². The summed E-state index contributed by atoms with van der Waals surface area (Å²) in [6.07, 6.45) is 3.71. The van der Waals surface area contributed by atoms with Crippen molar-refractivity contribution >= 4 is 11.8 Å². The average molecular weight is 375 g/mol. The predicted molar refractivity (Wildman–Crippen MR) is 103 cm³/mol. The van der Waals surface area contributed by atoms with E-state index >= 15 is 0 Å². The smallest absolute Gasteiger partial charge is 0.254 e. The van der Waals surface area contributed by atoms with Crippen molar-refractivity contribution in [3.63, 3.8) is 0 Å². The van der Waals surface area contributed by atoms with Gasteiger partial charge in [0, 0.05) is 38.2 Å². The molecule has 27 heavy (non-hydrogen) atoms. The lowest BCUT2D eigenvalue weighted by Gasteiger charge is -2.30. The van der Waals surface area contributed by atoms with Gasteiger partial charge in [0.25, 0.3) is 5.91 Å². The van der Waals surface area contributed by atoms with Gasteiger partial charge in [0.05, 0.1) is 0 Å². The Balaban J connectivity index is 1.53. The molecule has 2 atom stereocenters. The summed E-state index contributed by atoms with van der Waals surface area (Å²) in [5, 5.41) is 3.42. The van der Waals surface area contributed by atoms with Crippen molar-refractivity contribution in [3.8, 4) is 0 Å². The van der Waals surface area contributed by atoms with E-state index in [1.165, 1.54) is 25.0 Å². The third-order valence-corrected chi connectivity index (χ3v) is 5.84. The molecule has 2 aliphatic rings. The number of piperidine rings is 1. The van der Waals surface area contributed by atoms with E-state index in [1.54, 1.807) is 17.0 Å². The highest BCUT2D eigenvalue weighted by molar-refractivity contribution is 5.94. The summed E-state index contributed by atoms with van der Waals surface area (Å²) in [5.74, 6) is 0.566. The maximum atomic E-state index is 13.4. The summed E-state index contributed by atoms with van der Waals surface area (Å²) < 4.78 is 13.4. The van der Waals surface area contributed by atoms with Crippen LogP contribution >= 0.6 is 0 Å². The summed E-state index contributed by atoms with van der Waals surface area (Å²) in [7, 11) is 0. The highest BCUT2D eigenvalue weighted by Gasteiger charge is 2.26. The van der Waals surface area contributed by atoms with E-state index in [1.807, 2.05) is 4.90 Å². The number of hydrogen-bond donors (Lipinski definition) is 1. The number of hydrogen-bond acceptors (Lipinski definition) is 3. The van der Waals surface area contributed by atoms with Crippen LogP contribution in [0.15, 0.2) is 24.3 Å². The fourth-order valence-corrected chi connectivity index (χ4v) is 4.11. The zero-order valence-electron chi connectivity index (χ0n) is 16.1. The van der Waals surface area contributed by atoms with Crippen molar-refractivity contribution in [1.82, 2.24) is 15.1 Å². The van der Waals surface area contributed by atoms with Gasteiger partial charge in [-0.1, -0.05) is 13.0 Å². The largest absolute Gasteiger partial charge is 0.341 e. The van der Waals surface area contributed by atoms with E-state index < -0.39 is 5.82 Å². The molecule has 2 amide bonds. The number of rotatable bonds is 4. The van der Waals surface area contributed by atoms with Crippen LogP contribution in [0.2, 0.25) is 0 Å². The van der Waals surface area contributed by atoms with Crippen molar-refractivity contribution < 1.29 is 14.0 Å². The first-order valence-corrected chi connectivity index (χ1v) is 10.1. The number of amides is 2. The topological polar surface area (TPSA) is 52.7 Å². The zero-order valence-corrected chi connectivity index (χ0v) is 16.1. The summed E-state index contributed by atoms with van der Waals surface area (Å²) in [5.41, 5.74) is 0.369. The Bertz CT molecular complexity index is 661. The standard InChI is InChI=1S/C21H30FN3O2/c1-16(18-6-3-8-23-15-18)13-20(26)24-9-4-10-25(12-11-24)21(27)17-5-2-7-19(22)14-17/h2,5,7,14,16,18,23H,3-4,6,8-13,15H2,1H3. The number of carbonyl (C=O) groups excluding carboxylic acids is 2. The Morgan fingerprint density at radius 2 is 1.96 bits per heavy atom. The lowest BCUT2D eigenvalue weighted by atomic mass is 9.85. The van der Waals surface area contributed by atoms with Gasteiger partial charge in [0.15, 0.2) is 0 Å². The molecule has 0 aromatic heterocycles. The molecule has 148 valence electrons. The Labute approximate surface area is 160 Å². The molecule has 2 heterocycles. The highest BCUT2D eigenvalue weighted by Crippen LogP contribution is 2.23. The molecule has 2 fully saturated rings. The molecule has 1 aromatic rings. The van der Waals surface area contributed by atoms with Crippen LogP contribution in [0.3, 0.4) is 0 Å². The van der Waals surface area contributed by atoms with Crippen LogP contribution in [0, 0.1) is 17.7 Å². The first-order chi connectivity index (χ1) is 13.0. The number of benzene rings is 1. The molecule has 2 aliphatic heterocycles. The summed E-state index contributed by atoms with van der Waals surface area (Å²) in [4.78, 5) is 29.0. The van der Waals surface area contributed by atoms with E-state index in [-0.39, 0.29) is 11.8 Å². The molecule has 2 unspecified atom stereocenters. The van der Waals surface area contributed by atoms with E-state index in [2.05, 4.69) is 12.2 Å². The lowest BCUT2D eigenvalue weighted by molar-refractivity contribution is -0.132. The number of nitrogens with zero attached hydrogens (tertiary/aromatic N) is 2. The molecule has 1 N–H and O–H groups in total. The van der Waals surface area contributed by atoms with Gasteiger partial charge in [-0.15, -0.1) is 0 Å². The van der Waals surface area contributed by atoms with Crippen LogP contribution in [0.4, 0.5) is 4.39 Å². The normalized spacial score (nSPS) is 22.2. The summed E-state index contributed by atoms with van der Waals surface area (Å²) in [6.45, 7) is 6.59. The average Bonchev–Trinajstić information content (AvgIpc) is 2.94. The Kier molecular flexibility index (Phi) is 6.83. The van der Waals surface area contributed by atoms with Crippen LogP contribution < -0.4 is 5.32 Å². The molecule has 3 rings (SSSR count). The first kappa shape index (κ1) is 19.8. The number of carbonyl (C=O) groups is 2. The maximum Gasteiger partial charge on any atom is 0.254 e. The fourth-order valence-electron chi connectivity index (χ4n) is 4.11. The van der Waals surface area contributed by atoms with Gasteiger partial charge in [-0.05, 0) is 62.4 Å². The highest BCUT2D eigenvalue weighted by atomic mass is 19.1. The molecule has 2 saturated heterocycles. The minimum Gasteiger partial charge on any atom is -0.341 e. The Morgan fingerprint density at radius 3 is 2.70 bits per heavy atom. The van der Waals surface area contributed by atoms with Crippen LogP contribution in [0.1, 0.15) is 43.0 Å². The molecule has 6 heteroatoms. The summed E-state index contributed by atoms with van der Waals surface area (Å²) >= 11 is 0. The van der Waals surface area contributed by atoms with Crippen molar-refractivity contribution in [3.05, 3.63) is 35.6 Å². The van der Waals surface area contributed by atoms with Crippen LogP contribution in [-0.4, -0.2) is 60.9 Å². The van der Waals surface area contributed by atoms with Crippen molar-refractivity contribution in [1.29, 1.82) is 0 Å². The van der Waals surface area contributed by atoms with Gasteiger partial charge >= 0.3 is 0 Å². The van der Waals surface area contributed by atoms with Gasteiger partial charge in [-0.25, -0.2) is 4.39 Å². The van der Waals surface area contributed by atoms with E-state index in [0.29, 0.717) is 50.0 Å². The van der Waals surface area contributed by atoms with Crippen molar-refractivity contribution in [2.24, 2.45) is 11.8 Å². The second-order valence-electron chi connectivity index (χ2n) is 7.82. The fraction of sp³-hybridized carbons (Fsp3) is 0.619. The lowest BCUT2D eigenvalue weighted by Crippen LogP contribution is -2.39. The SMILES string of the molecule is CC(CC(=O)N1CCCN(C(=O)c2cccc(F)c2)CC1)C1CCCNC1. The first-order valence-electron chi connectivity index (χ1n) is 10.1. The van der Waals surface area contributed by atoms with Crippen LogP contribution in [0.5, 0.6) is 0 Å².